The Morgan fingerprint density at radius 2 is 1.79 bits per heavy atom. The molecule has 0 radical (unpaired) electrons. The van der Waals surface area contributed by atoms with Crippen molar-refractivity contribution in [2.45, 2.75) is 32.1 Å². The third kappa shape index (κ3) is 9.47. The van der Waals surface area contributed by atoms with Crippen molar-refractivity contribution in [3.63, 3.8) is 0 Å². The summed E-state index contributed by atoms with van der Waals surface area (Å²) in [5.74, 6) is -0.453. The number of ether oxygens (including phenoxy) is 1. The van der Waals surface area contributed by atoms with Gasteiger partial charge in [0.05, 0.1) is 12.9 Å². The van der Waals surface area contributed by atoms with E-state index in [0.29, 0.717) is 25.7 Å². The Labute approximate surface area is 84.2 Å². The van der Waals surface area contributed by atoms with Crippen molar-refractivity contribution in [2.75, 3.05) is 12.9 Å². The van der Waals surface area contributed by atoms with E-state index < -0.39 is 10.1 Å². The van der Waals surface area contributed by atoms with Gasteiger partial charge in [-0.15, -0.1) is 0 Å². The maximum absolute atomic E-state index is 10.6. The van der Waals surface area contributed by atoms with E-state index in [1.165, 1.54) is 7.11 Å². The molecule has 0 spiro atoms. The van der Waals surface area contributed by atoms with Gasteiger partial charge in [-0.3, -0.25) is 9.35 Å². The predicted molar refractivity (Wildman–Crippen MR) is 51.5 cm³/mol. The van der Waals surface area contributed by atoms with Crippen molar-refractivity contribution < 1.29 is 22.5 Å². The van der Waals surface area contributed by atoms with E-state index in [0.717, 1.165) is 6.42 Å². The largest absolute Gasteiger partial charge is 0.469 e. The Hall–Kier alpha value is -0.620. The Morgan fingerprint density at radius 3 is 2.29 bits per heavy atom. The fourth-order valence-corrected chi connectivity index (χ4v) is 1.58. The fraction of sp³-hybridized carbons (Fsp3) is 0.875. The zero-order chi connectivity index (χ0) is 11.0. The lowest BCUT2D eigenvalue weighted by Crippen LogP contribution is -2.03. The van der Waals surface area contributed by atoms with Gasteiger partial charge >= 0.3 is 5.97 Å². The highest BCUT2D eigenvalue weighted by Gasteiger charge is 2.04. The second-order valence-electron chi connectivity index (χ2n) is 3.03. The second-order valence-corrected chi connectivity index (χ2v) is 4.60. The molecule has 0 rings (SSSR count). The number of unbranched alkanes of at least 4 members (excludes halogenated alkanes) is 3. The summed E-state index contributed by atoms with van der Waals surface area (Å²) in [6, 6.07) is 0. The van der Waals surface area contributed by atoms with Crippen LogP contribution >= 0.6 is 0 Å². The molecule has 84 valence electrons. The first-order valence-electron chi connectivity index (χ1n) is 4.47. The number of carbonyl (C=O) groups is 1. The van der Waals surface area contributed by atoms with E-state index in [9.17, 15) is 13.2 Å². The van der Waals surface area contributed by atoms with E-state index in [4.69, 9.17) is 4.55 Å². The topological polar surface area (TPSA) is 80.7 Å². The Balaban J connectivity index is 3.27. The summed E-state index contributed by atoms with van der Waals surface area (Å²) in [6.07, 6.45) is 2.95. The third-order valence-corrected chi connectivity index (χ3v) is 2.57. The van der Waals surface area contributed by atoms with E-state index in [-0.39, 0.29) is 11.7 Å². The van der Waals surface area contributed by atoms with Gasteiger partial charge in [-0.2, -0.15) is 8.42 Å². The Bertz CT molecular complexity index is 257. The molecule has 0 heterocycles. The Morgan fingerprint density at radius 1 is 1.21 bits per heavy atom. The fourth-order valence-electron chi connectivity index (χ4n) is 1.01. The van der Waals surface area contributed by atoms with Crippen LogP contribution in [0.2, 0.25) is 0 Å². The number of esters is 1. The minimum atomic E-state index is -3.82. The zero-order valence-electron chi connectivity index (χ0n) is 8.23. The summed E-state index contributed by atoms with van der Waals surface area (Å²) in [5, 5.41) is 0. The first-order chi connectivity index (χ1) is 6.45. The van der Waals surface area contributed by atoms with Crippen molar-refractivity contribution in [2.24, 2.45) is 0 Å². The third-order valence-electron chi connectivity index (χ3n) is 1.76. The minimum Gasteiger partial charge on any atom is -0.469 e. The first kappa shape index (κ1) is 13.4. The lowest BCUT2D eigenvalue weighted by atomic mass is 10.2. The average molecular weight is 224 g/mol. The summed E-state index contributed by atoms with van der Waals surface area (Å²) in [6.45, 7) is 0. The summed E-state index contributed by atoms with van der Waals surface area (Å²) in [7, 11) is -2.49. The number of rotatable bonds is 7. The lowest BCUT2D eigenvalue weighted by molar-refractivity contribution is -0.140. The molecule has 0 atom stereocenters. The molecule has 1 N–H and O–H groups in total. The number of methoxy groups -OCH3 is 1. The van der Waals surface area contributed by atoms with Crippen LogP contribution in [0.3, 0.4) is 0 Å². The summed E-state index contributed by atoms with van der Waals surface area (Å²) >= 11 is 0. The highest BCUT2D eigenvalue weighted by molar-refractivity contribution is 7.85. The molecule has 0 aromatic carbocycles. The van der Waals surface area contributed by atoms with Gasteiger partial charge in [-0.1, -0.05) is 12.8 Å². The summed E-state index contributed by atoms with van der Waals surface area (Å²) in [4.78, 5) is 10.6. The summed E-state index contributed by atoms with van der Waals surface area (Å²) in [5.41, 5.74) is 0. The standard InChI is InChI=1S/C8H16O5S/c1-13-8(9)6-4-2-3-5-7-14(10,11)12/h2-7H2,1H3,(H,10,11,12). The highest BCUT2D eigenvalue weighted by atomic mass is 32.2. The monoisotopic (exact) mass is 224 g/mol. The van der Waals surface area contributed by atoms with Gasteiger partial charge in [0.15, 0.2) is 0 Å². The van der Waals surface area contributed by atoms with Crippen LogP contribution in [0.1, 0.15) is 32.1 Å². The molecular weight excluding hydrogens is 208 g/mol. The molecule has 14 heavy (non-hydrogen) atoms. The number of hydrogen-bond acceptors (Lipinski definition) is 4. The quantitative estimate of drug-likeness (QED) is 0.396. The van der Waals surface area contributed by atoms with Crippen molar-refractivity contribution in [1.82, 2.24) is 0 Å². The lowest BCUT2D eigenvalue weighted by Gasteiger charge is -1.99. The SMILES string of the molecule is COC(=O)CCCCCCS(=O)(=O)O. The molecule has 0 fully saturated rings. The van der Waals surface area contributed by atoms with Gasteiger partial charge in [-0.05, 0) is 12.8 Å². The van der Waals surface area contributed by atoms with Crippen molar-refractivity contribution in [1.29, 1.82) is 0 Å². The van der Waals surface area contributed by atoms with Crippen molar-refractivity contribution >= 4 is 16.1 Å². The van der Waals surface area contributed by atoms with Crippen LogP contribution in [-0.2, 0) is 19.6 Å². The molecule has 0 aliphatic heterocycles. The van der Waals surface area contributed by atoms with Crippen LogP contribution in [0.15, 0.2) is 0 Å². The minimum absolute atomic E-state index is 0.203. The molecule has 0 bridgehead atoms. The van der Waals surface area contributed by atoms with E-state index in [1.54, 1.807) is 0 Å². The normalized spacial score (nSPS) is 11.3. The molecule has 0 aliphatic carbocycles. The van der Waals surface area contributed by atoms with Crippen LogP contribution in [0.25, 0.3) is 0 Å². The van der Waals surface area contributed by atoms with Gasteiger partial charge in [0.1, 0.15) is 0 Å². The van der Waals surface area contributed by atoms with Gasteiger partial charge in [-0.25, -0.2) is 0 Å². The molecule has 0 aliphatic rings. The second kappa shape index (κ2) is 6.78. The van der Waals surface area contributed by atoms with Crippen molar-refractivity contribution in [3.8, 4) is 0 Å². The molecule has 0 aromatic heterocycles. The van der Waals surface area contributed by atoms with Crippen LogP contribution < -0.4 is 0 Å². The van der Waals surface area contributed by atoms with Crippen LogP contribution in [0.4, 0.5) is 0 Å². The Kier molecular flexibility index (Phi) is 6.48. The molecule has 0 aromatic rings. The van der Waals surface area contributed by atoms with Gasteiger partial charge in [0.2, 0.25) is 0 Å². The maximum atomic E-state index is 10.6. The van der Waals surface area contributed by atoms with Gasteiger partial charge in [0.25, 0.3) is 10.1 Å². The predicted octanol–water partition coefficient (Wildman–Crippen LogP) is 0.998. The molecule has 0 amide bonds. The molecular formula is C8H16O5S. The molecule has 0 unspecified atom stereocenters. The van der Waals surface area contributed by atoms with E-state index >= 15 is 0 Å². The average Bonchev–Trinajstić information content (AvgIpc) is 2.08. The first-order valence-corrected chi connectivity index (χ1v) is 6.08. The number of carbonyl (C=O) groups excluding carboxylic acids is 1. The highest BCUT2D eigenvalue weighted by Crippen LogP contribution is 2.04. The number of hydrogen-bond donors (Lipinski definition) is 1. The zero-order valence-corrected chi connectivity index (χ0v) is 9.05. The smallest absolute Gasteiger partial charge is 0.305 e. The molecule has 6 heteroatoms. The van der Waals surface area contributed by atoms with Crippen molar-refractivity contribution in [3.05, 3.63) is 0 Å². The molecule has 0 saturated carbocycles. The van der Waals surface area contributed by atoms with Crippen LogP contribution in [0, 0.1) is 0 Å². The van der Waals surface area contributed by atoms with E-state index in [2.05, 4.69) is 4.74 Å². The maximum Gasteiger partial charge on any atom is 0.305 e. The van der Waals surface area contributed by atoms with E-state index in [1.807, 2.05) is 0 Å². The summed E-state index contributed by atoms with van der Waals surface area (Å²) < 4.78 is 33.4. The van der Waals surface area contributed by atoms with Crippen LogP contribution in [0.5, 0.6) is 0 Å². The molecule has 0 saturated heterocycles. The van der Waals surface area contributed by atoms with Gasteiger partial charge in [0, 0.05) is 6.42 Å². The molecule has 5 nitrogen and oxygen atoms in total. The van der Waals surface area contributed by atoms with Crippen LogP contribution in [-0.4, -0.2) is 31.8 Å². The van der Waals surface area contributed by atoms with Gasteiger partial charge < -0.3 is 4.74 Å².